The van der Waals surface area contributed by atoms with Crippen molar-refractivity contribution in [2.24, 2.45) is 0 Å². The SMILES string of the molecule is C[C@H](Oc1cc(-c2ccn(Cc3ncco3)n2)nc(-c2noc3c2CCC[C@@]32CCCc3sc(N)c(C#N)c32)n1)[C@@H]1CCCN1C. The number of rotatable bonds is 7. The van der Waals surface area contributed by atoms with Gasteiger partial charge < -0.3 is 19.4 Å². The number of likely N-dealkylation sites (tertiary alicyclic amines) is 1. The van der Waals surface area contributed by atoms with E-state index in [-0.39, 0.29) is 6.10 Å². The van der Waals surface area contributed by atoms with Gasteiger partial charge in [0.25, 0.3) is 0 Å². The first-order chi connectivity index (χ1) is 22.4. The van der Waals surface area contributed by atoms with Crippen LogP contribution in [-0.4, -0.2) is 60.5 Å². The lowest BCUT2D eigenvalue weighted by molar-refractivity contribution is 0.117. The van der Waals surface area contributed by atoms with Crippen molar-refractivity contribution in [1.82, 2.24) is 34.8 Å². The van der Waals surface area contributed by atoms with Crippen LogP contribution in [-0.2, 0) is 24.8 Å². The van der Waals surface area contributed by atoms with E-state index in [1.54, 1.807) is 17.1 Å². The number of oxazole rings is 1. The number of anilines is 1. The normalized spacial score (nSPS) is 21.6. The van der Waals surface area contributed by atoms with Crippen molar-refractivity contribution in [3.05, 3.63) is 64.0 Å². The Labute approximate surface area is 270 Å². The standard InChI is InChI=1S/C33H35N9O3S/c1-19(24-7-5-13-41(24)2)44-26-16-23(22-9-14-42(39-22)18-27-36-12-15-43-27)37-32(38-26)29-20-6-3-10-33(30(20)45-40-29)11-4-8-25-28(33)21(17-34)31(35)46-25/h9,12,14-16,19,24H,3-8,10-11,13,18,35H2,1-2H3/t19-,24-,33-/m0/s1. The summed E-state index contributed by atoms with van der Waals surface area (Å²) in [4.78, 5) is 17.7. The largest absolute Gasteiger partial charge is 0.473 e. The summed E-state index contributed by atoms with van der Waals surface area (Å²) in [5.41, 5.74) is 10.5. The molecule has 1 saturated heterocycles. The summed E-state index contributed by atoms with van der Waals surface area (Å²) < 4.78 is 20.0. The average molecular weight is 638 g/mol. The van der Waals surface area contributed by atoms with E-state index in [1.165, 1.54) is 16.2 Å². The molecular formula is C33H35N9O3S. The summed E-state index contributed by atoms with van der Waals surface area (Å²) in [6, 6.07) is 6.46. The van der Waals surface area contributed by atoms with Gasteiger partial charge in [0.15, 0.2) is 17.3 Å². The van der Waals surface area contributed by atoms with Gasteiger partial charge >= 0.3 is 0 Å². The molecule has 2 N–H and O–H groups in total. The van der Waals surface area contributed by atoms with Crippen molar-refractivity contribution in [3.63, 3.8) is 0 Å². The van der Waals surface area contributed by atoms with Crippen molar-refractivity contribution in [2.75, 3.05) is 19.3 Å². The van der Waals surface area contributed by atoms with Crippen LogP contribution in [0.3, 0.4) is 0 Å². The second kappa shape index (κ2) is 11.4. The highest BCUT2D eigenvalue weighted by Crippen LogP contribution is 2.55. The topological polar surface area (TPSA) is 158 Å². The Balaban J connectivity index is 1.21. The molecule has 5 aromatic rings. The number of aromatic nitrogens is 6. The van der Waals surface area contributed by atoms with Crippen LogP contribution in [0.15, 0.2) is 39.7 Å². The summed E-state index contributed by atoms with van der Waals surface area (Å²) in [5, 5.41) is 20.1. The van der Waals surface area contributed by atoms with Crippen molar-refractivity contribution in [1.29, 1.82) is 5.26 Å². The lowest BCUT2D eigenvalue weighted by Gasteiger charge is -2.39. The van der Waals surface area contributed by atoms with E-state index in [0.29, 0.717) is 57.8 Å². The highest BCUT2D eigenvalue weighted by atomic mass is 32.1. The number of aryl methyl sites for hydroxylation is 1. The Morgan fingerprint density at radius 3 is 2.87 bits per heavy atom. The number of hydrogen-bond donors (Lipinski definition) is 1. The molecule has 0 radical (unpaired) electrons. The van der Waals surface area contributed by atoms with Crippen LogP contribution < -0.4 is 10.5 Å². The molecule has 0 bridgehead atoms. The lowest BCUT2D eigenvalue weighted by Crippen LogP contribution is -2.38. The highest BCUT2D eigenvalue weighted by Gasteiger charge is 2.49. The van der Waals surface area contributed by atoms with Gasteiger partial charge in [-0.2, -0.15) is 15.3 Å². The number of ether oxygens (including phenoxy) is 1. The van der Waals surface area contributed by atoms with E-state index < -0.39 is 5.41 Å². The molecule has 6 heterocycles. The Morgan fingerprint density at radius 1 is 1.22 bits per heavy atom. The quantitative estimate of drug-likeness (QED) is 0.245. The van der Waals surface area contributed by atoms with Crippen LogP contribution in [0.4, 0.5) is 5.00 Å². The minimum Gasteiger partial charge on any atom is -0.473 e. The number of thiophene rings is 1. The second-order valence-corrected chi connectivity index (χ2v) is 13.8. The zero-order valence-electron chi connectivity index (χ0n) is 25.9. The fourth-order valence-electron chi connectivity index (χ4n) is 7.79. The molecule has 236 valence electrons. The van der Waals surface area contributed by atoms with Crippen LogP contribution in [0, 0.1) is 11.3 Å². The molecule has 12 nitrogen and oxygen atoms in total. The van der Waals surface area contributed by atoms with E-state index >= 15 is 0 Å². The Bertz CT molecular complexity index is 1930. The molecule has 0 amide bonds. The van der Waals surface area contributed by atoms with Crippen molar-refractivity contribution in [2.45, 2.75) is 82.4 Å². The van der Waals surface area contributed by atoms with Gasteiger partial charge in [0.1, 0.15) is 35.7 Å². The van der Waals surface area contributed by atoms with Gasteiger partial charge in [0.2, 0.25) is 11.8 Å². The smallest absolute Gasteiger partial charge is 0.217 e. The third kappa shape index (κ3) is 4.78. The molecule has 0 saturated carbocycles. The molecule has 0 unspecified atom stereocenters. The summed E-state index contributed by atoms with van der Waals surface area (Å²) in [6.45, 7) is 3.55. The first-order valence-corrected chi connectivity index (χ1v) is 16.7. The molecule has 1 spiro atoms. The monoisotopic (exact) mass is 637 g/mol. The average Bonchev–Trinajstić information content (AvgIpc) is 3.88. The maximum absolute atomic E-state index is 10.1. The summed E-state index contributed by atoms with van der Waals surface area (Å²) in [7, 11) is 2.14. The zero-order chi connectivity index (χ0) is 31.4. The number of nitrogens with zero attached hydrogens (tertiary/aromatic N) is 8. The molecular weight excluding hydrogens is 602 g/mol. The number of hydrogen-bond acceptors (Lipinski definition) is 12. The minimum atomic E-state index is -0.428. The van der Waals surface area contributed by atoms with E-state index in [4.69, 9.17) is 34.5 Å². The summed E-state index contributed by atoms with van der Waals surface area (Å²) >= 11 is 1.54. The van der Waals surface area contributed by atoms with Gasteiger partial charge in [-0.15, -0.1) is 11.3 Å². The molecule has 0 aromatic carbocycles. The highest BCUT2D eigenvalue weighted by molar-refractivity contribution is 7.16. The summed E-state index contributed by atoms with van der Waals surface area (Å²) in [5.74, 6) is 2.29. The van der Waals surface area contributed by atoms with Crippen LogP contribution in [0.5, 0.6) is 5.88 Å². The molecule has 8 rings (SSSR count). The summed E-state index contributed by atoms with van der Waals surface area (Å²) in [6.07, 6.45) is 12.6. The van der Waals surface area contributed by atoms with E-state index in [2.05, 4.69) is 35.1 Å². The Hall–Kier alpha value is -4.54. The maximum atomic E-state index is 10.1. The predicted molar refractivity (Wildman–Crippen MR) is 170 cm³/mol. The third-order valence-electron chi connectivity index (χ3n) is 9.88. The molecule has 5 aromatic heterocycles. The molecule has 3 aliphatic rings. The Morgan fingerprint density at radius 2 is 2.09 bits per heavy atom. The first-order valence-electron chi connectivity index (χ1n) is 15.9. The van der Waals surface area contributed by atoms with Crippen molar-refractivity contribution < 1.29 is 13.7 Å². The fourth-order valence-corrected chi connectivity index (χ4v) is 8.95. The molecule has 46 heavy (non-hydrogen) atoms. The zero-order valence-corrected chi connectivity index (χ0v) is 26.7. The van der Waals surface area contributed by atoms with Crippen LogP contribution in [0.1, 0.15) is 78.7 Å². The molecule has 2 aliphatic carbocycles. The van der Waals surface area contributed by atoms with Gasteiger partial charge in [-0.3, -0.25) is 9.58 Å². The van der Waals surface area contributed by atoms with Crippen LogP contribution in [0.2, 0.25) is 0 Å². The number of nitriles is 1. The van der Waals surface area contributed by atoms with Gasteiger partial charge in [-0.05, 0) is 83.5 Å². The predicted octanol–water partition coefficient (Wildman–Crippen LogP) is 5.37. The van der Waals surface area contributed by atoms with Crippen molar-refractivity contribution >= 4 is 16.3 Å². The van der Waals surface area contributed by atoms with Gasteiger partial charge in [-0.25, -0.2) is 9.97 Å². The number of nitrogens with two attached hydrogens (primary N) is 1. The molecule has 13 heteroatoms. The fraction of sp³-hybridized carbons (Fsp3) is 0.455. The Kier molecular flexibility index (Phi) is 7.14. The van der Waals surface area contributed by atoms with Gasteiger partial charge in [0.05, 0.1) is 22.9 Å². The van der Waals surface area contributed by atoms with E-state index in [1.807, 2.05) is 18.3 Å². The maximum Gasteiger partial charge on any atom is 0.217 e. The molecule has 3 atom stereocenters. The van der Waals surface area contributed by atoms with Crippen LogP contribution >= 0.6 is 11.3 Å². The first kappa shape index (κ1) is 28.9. The van der Waals surface area contributed by atoms with E-state index in [9.17, 15) is 5.26 Å². The lowest BCUT2D eigenvalue weighted by atomic mass is 9.63. The van der Waals surface area contributed by atoms with Gasteiger partial charge in [0, 0.05) is 28.7 Å². The van der Waals surface area contributed by atoms with E-state index in [0.717, 1.165) is 74.8 Å². The number of fused-ring (bicyclic) bond motifs is 4. The van der Waals surface area contributed by atoms with Gasteiger partial charge in [-0.1, -0.05) is 5.16 Å². The number of likely N-dealkylation sites (N-methyl/N-ethyl adjacent to an activating group) is 1. The second-order valence-electron chi connectivity index (χ2n) is 12.6. The minimum absolute atomic E-state index is 0.0747. The number of nitrogen functional groups attached to an aromatic ring is 1. The molecule has 1 fully saturated rings. The van der Waals surface area contributed by atoms with Crippen molar-refractivity contribution in [3.8, 4) is 34.9 Å². The third-order valence-corrected chi connectivity index (χ3v) is 11.0. The molecule has 1 aliphatic heterocycles. The van der Waals surface area contributed by atoms with Crippen LogP contribution in [0.25, 0.3) is 22.9 Å².